The van der Waals surface area contributed by atoms with Gasteiger partial charge in [0.15, 0.2) is 0 Å². The average Bonchev–Trinajstić information content (AvgIpc) is 3.35. The van der Waals surface area contributed by atoms with Gasteiger partial charge < -0.3 is 29.6 Å². The number of hydrogen-bond acceptors (Lipinski definition) is 10. The molecule has 11 heteroatoms. The standard InChI is InChI=1S/C30H37FN6O4/c1-19-21-4-5-24(33)22(14-32)26(21)30(18-39-19)13-25-23(16-41-30)27(36-7-3-10-38-11-9-36)35-28(34-25)40-17-29-6-2-8-37(29)15-20(31)12-29/h4-5,19-20H,2-3,6-13,15-18,33H2,1H3/t19-,20-,29+,30-/m1/s1. The van der Waals surface area contributed by atoms with Gasteiger partial charge in [0.05, 0.1) is 42.7 Å². The molecule has 1 spiro atoms. The van der Waals surface area contributed by atoms with Crippen LogP contribution < -0.4 is 15.4 Å². The quantitative estimate of drug-likeness (QED) is 0.555. The van der Waals surface area contributed by atoms with Crippen LogP contribution in [-0.2, 0) is 32.8 Å². The first-order chi connectivity index (χ1) is 19.9. The lowest BCUT2D eigenvalue weighted by molar-refractivity contribution is -0.148. The molecule has 0 amide bonds. The zero-order valence-corrected chi connectivity index (χ0v) is 23.5. The Labute approximate surface area is 239 Å². The van der Waals surface area contributed by atoms with E-state index in [0.29, 0.717) is 63.0 Å². The summed E-state index contributed by atoms with van der Waals surface area (Å²) in [6, 6.07) is 6.31. The van der Waals surface area contributed by atoms with Gasteiger partial charge in [0.1, 0.15) is 30.3 Å². The van der Waals surface area contributed by atoms with Crippen LogP contribution in [0, 0.1) is 11.3 Å². The van der Waals surface area contributed by atoms with Crippen LogP contribution >= 0.6 is 0 Å². The zero-order valence-electron chi connectivity index (χ0n) is 23.5. The Kier molecular flexibility index (Phi) is 6.77. The number of nitrogen functional groups attached to an aromatic ring is 1. The van der Waals surface area contributed by atoms with Crippen LogP contribution in [0.15, 0.2) is 12.1 Å². The highest BCUT2D eigenvalue weighted by Gasteiger charge is 2.50. The SMILES string of the molecule is C[C@H]1OC[C@]2(Cc3nc(OC[C@@]45CCCN4C[C@H](F)C5)nc(N4CCCOCC4)c3CO2)c2c1ccc(N)c2C#N. The summed E-state index contributed by atoms with van der Waals surface area (Å²) in [4.78, 5) is 14.3. The number of aromatic nitrogens is 2. The lowest BCUT2D eigenvalue weighted by Crippen LogP contribution is -2.46. The number of hydrogen-bond donors (Lipinski definition) is 1. The number of alkyl halides is 1. The normalized spacial score (nSPS) is 31.3. The molecule has 0 aliphatic carbocycles. The minimum Gasteiger partial charge on any atom is -0.461 e. The third-order valence-corrected chi connectivity index (χ3v) is 9.59. The van der Waals surface area contributed by atoms with Gasteiger partial charge in [-0.3, -0.25) is 4.90 Å². The van der Waals surface area contributed by atoms with Crippen LogP contribution in [0.5, 0.6) is 6.01 Å². The van der Waals surface area contributed by atoms with Gasteiger partial charge in [-0.05, 0) is 44.4 Å². The maximum atomic E-state index is 14.4. The molecule has 3 saturated heterocycles. The summed E-state index contributed by atoms with van der Waals surface area (Å²) < 4.78 is 39.4. The monoisotopic (exact) mass is 564 g/mol. The number of nitrogens with zero attached hydrogens (tertiary/aromatic N) is 5. The van der Waals surface area contributed by atoms with Crippen molar-refractivity contribution in [3.63, 3.8) is 0 Å². The lowest BCUT2D eigenvalue weighted by atomic mass is 9.78. The van der Waals surface area contributed by atoms with Crippen LogP contribution in [0.25, 0.3) is 0 Å². The molecule has 6 heterocycles. The predicted octanol–water partition coefficient (Wildman–Crippen LogP) is 3.17. The topological polar surface area (TPSA) is 119 Å². The van der Waals surface area contributed by atoms with Crippen molar-refractivity contribution in [3.05, 3.63) is 40.1 Å². The summed E-state index contributed by atoms with van der Waals surface area (Å²) in [5.74, 6) is 0.791. The molecule has 5 aliphatic rings. The molecule has 0 bridgehead atoms. The Morgan fingerprint density at radius 3 is 3.00 bits per heavy atom. The van der Waals surface area contributed by atoms with Crippen molar-refractivity contribution < 1.29 is 23.3 Å². The molecular formula is C30H37FN6O4. The molecule has 0 saturated carbocycles. The minimum absolute atomic E-state index is 0.190. The Morgan fingerprint density at radius 1 is 1.22 bits per heavy atom. The number of nitriles is 1. The van der Waals surface area contributed by atoms with Crippen molar-refractivity contribution in [2.75, 3.05) is 63.2 Å². The zero-order chi connectivity index (χ0) is 28.2. The fourth-order valence-corrected chi connectivity index (χ4v) is 7.51. The summed E-state index contributed by atoms with van der Waals surface area (Å²) in [6.45, 7) is 7.06. The van der Waals surface area contributed by atoms with Gasteiger partial charge in [0, 0.05) is 55.9 Å². The molecule has 41 heavy (non-hydrogen) atoms. The van der Waals surface area contributed by atoms with Crippen molar-refractivity contribution in [2.24, 2.45) is 0 Å². The first kappa shape index (κ1) is 26.8. The van der Waals surface area contributed by atoms with Crippen molar-refractivity contribution >= 4 is 11.5 Å². The fraction of sp³-hybridized carbons (Fsp3) is 0.633. The van der Waals surface area contributed by atoms with Crippen LogP contribution in [-0.4, -0.2) is 79.2 Å². The first-order valence-electron chi connectivity index (χ1n) is 14.7. The van der Waals surface area contributed by atoms with Crippen LogP contribution in [0.4, 0.5) is 15.9 Å². The van der Waals surface area contributed by atoms with Crippen LogP contribution in [0.2, 0.25) is 0 Å². The molecule has 1 aromatic carbocycles. The van der Waals surface area contributed by atoms with E-state index in [2.05, 4.69) is 15.9 Å². The molecule has 7 rings (SSSR count). The van der Waals surface area contributed by atoms with Crippen LogP contribution in [0.1, 0.15) is 66.7 Å². The van der Waals surface area contributed by atoms with E-state index < -0.39 is 11.8 Å². The number of ether oxygens (including phenoxy) is 4. The van der Waals surface area contributed by atoms with E-state index in [1.807, 2.05) is 13.0 Å². The van der Waals surface area contributed by atoms with Gasteiger partial charge in [-0.25, -0.2) is 4.39 Å². The van der Waals surface area contributed by atoms with Crippen molar-refractivity contribution in [1.29, 1.82) is 5.26 Å². The van der Waals surface area contributed by atoms with E-state index in [9.17, 15) is 9.65 Å². The lowest BCUT2D eigenvalue weighted by Gasteiger charge is -2.44. The van der Waals surface area contributed by atoms with Crippen molar-refractivity contribution in [3.8, 4) is 12.1 Å². The maximum Gasteiger partial charge on any atom is 0.318 e. The summed E-state index contributed by atoms with van der Waals surface area (Å²) in [6.07, 6.45) is 2.70. The van der Waals surface area contributed by atoms with E-state index in [-0.39, 0.29) is 24.9 Å². The van der Waals surface area contributed by atoms with Gasteiger partial charge in [-0.15, -0.1) is 0 Å². The number of nitrogens with two attached hydrogens (primary N) is 1. The second-order valence-electron chi connectivity index (χ2n) is 12.1. The molecular weight excluding hydrogens is 527 g/mol. The second kappa shape index (κ2) is 10.3. The summed E-state index contributed by atoms with van der Waals surface area (Å²) in [5, 5.41) is 10.1. The molecule has 4 atom stereocenters. The van der Waals surface area contributed by atoms with Gasteiger partial charge in [-0.2, -0.15) is 15.2 Å². The summed E-state index contributed by atoms with van der Waals surface area (Å²) >= 11 is 0. The second-order valence-corrected chi connectivity index (χ2v) is 12.1. The third-order valence-electron chi connectivity index (χ3n) is 9.59. The Bertz CT molecular complexity index is 1380. The smallest absolute Gasteiger partial charge is 0.318 e. The van der Waals surface area contributed by atoms with E-state index in [4.69, 9.17) is 34.6 Å². The Balaban J connectivity index is 1.28. The van der Waals surface area contributed by atoms with E-state index in [1.54, 1.807) is 6.07 Å². The molecule has 2 aromatic rings. The predicted molar refractivity (Wildman–Crippen MR) is 148 cm³/mol. The Morgan fingerprint density at radius 2 is 2.12 bits per heavy atom. The van der Waals surface area contributed by atoms with Gasteiger partial charge in [0.25, 0.3) is 0 Å². The third kappa shape index (κ3) is 4.52. The maximum absolute atomic E-state index is 14.4. The molecule has 2 N–H and O–H groups in total. The van der Waals surface area contributed by atoms with E-state index in [1.165, 1.54) is 0 Å². The molecule has 3 fully saturated rings. The van der Waals surface area contributed by atoms with E-state index >= 15 is 0 Å². The van der Waals surface area contributed by atoms with Gasteiger partial charge >= 0.3 is 6.01 Å². The molecule has 0 radical (unpaired) electrons. The van der Waals surface area contributed by atoms with Crippen molar-refractivity contribution in [2.45, 2.75) is 69.1 Å². The van der Waals surface area contributed by atoms with Gasteiger partial charge in [0.2, 0.25) is 0 Å². The highest BCUT2D eigenvalue weighted by atomic mass is 19.1. The number of benzene rings is 1. The molecule has 1 aromatic heterocycles. The fourth-order valence-electron chi connectivity index (χ4n) is 7.51. The number of rotatable bonds is 4. The first-order valence-corrected chi connectivity index (χ1v) is 14.7. The van der Waals surface area contributed by atoms with Crippen molar-refractivity contribution in [1.82, 2.24) is 14.9 Å². The summed E-state index contributed by atoms with van der Waals surface area (Å²) in [5.41, 5.74) is 9.35. The molecule has 0 unspecified atom stereocenters. The minimum atomic E-state index is -0.909. The highest BCUT2D eigenvalue weighted by Crippen LogP contribution is 2.48. The molecule has 10 nitrogen and oxygen atoms in total. The molecule has 5 aliphatic heterocycles. The van der Waals surface area contributed by atoms with Crippen LogP contribution in [0.3, 0.4) is 0 Å². The average molecular weight is 565 g/mol. The number of fused-ring (bicyclic) bond motifs is 4. The van der Waals surface area contributed by atoms with E-state index in [0.717, 1.165) is 60.6 Å². The Hall–Kier alpha value is -3.04. The highest BCUT2D eigenvalue weighted by molar-refractivity contribution is 5.64. The van der Waals surface area contributed by atoms with Gasteiger partial charge in [-0.1, -0.05) is 6.07 Å². The number of anilines is 2. The summed E-state index contributed by atoms with van der Waals surface area (Å²) in [7, 11) is 0. The molecule has 218 valence electrons. The number of halogens is 1. The largest absolute Gasteiger partial charge is 0.461 e.